The minimum atomic E-state index is 0.115. The molecule has 1 atom stereocenters. The second-order valence-electron chi connectivity index (χ2n) is 4.18. The maximum Gasteiger partial charge on any atom is 0.137 e. The van der Waals surface area contributed by atoms with Gasteiger partial charge >= 0.3 is 0 Å². The third-order valence-corrected chi connectivity index (χ3v) is 3.20. The van der Waals surface area contributed by atoms with Crippen molar-refractivity contribution in [2.24, 2.45) is 11.7 Å². The van der Waals surface area contributed by atoms with Gasteiger partial charge in [-0.05, 0) is 30.0 Å². The average molecular weight is 226 g/mol. The highest BCUT2D eigenvalue weighted by Gasteiger charge is 2.24. The van der Waals surface area contributed by atoms with Gasteiger partial charge in [0.05, 0.1) is 12.1 Å². The Morgan fingerprint density at radius 3 is 2.87 bits per heavy atom. The monoisotopic (exact) mass is 225 g/mol. The highest BCUT2D eigenvalue weighted by Crippen LogP contribution is 2.37. The second kappa shape index (κ2) is 4.42. The summed E-state index contributed by atoms with van der Waals surface area (Å²) in [6.45, 7) is 0. The molecule has 0 heterocycles. The molecule has 2 nitrogen and oxygen atoms in total. The Kier molecular flexibility index (Phi) is 3.17. The van der Waals surface area contributed by atoms with Crippen LogP contribution in [0.2, 0.25) is 5.02 Å². The van der Waals surface area contributed by atoms with Gasteiger partial charge in [0.2, 0.25) is 0 Å². The van der Waals surface area contributed by atoms with Crippen LogP contribution in [0.15, 0.2) is 18.2 Å². The Hall–Kier alpha value is -0.730. The fraction of sp³-hybridized carbons (Fsp3) is 0.500. The summed E-state index contributed by atoms with van der Waals surface area (Å²) in [6, 6.07) is 5.89. The second-order valence-corrected chi connectivity index (χ2v) is 4.59. The fourth-order valence-corrected chi connectivity index (χ4v) is 1.95. The van der Waals surface area contributed by atoms with E-state index in [2.05, 4.69) is 0 Å². The molecular weight excluding hydrogens is 210 g/mol. The van der Waals surface area contributed by atoms with Crippen LogP contribution in [-0.2, 0) is 0 Å². The third kappa shape index (κ3) is 2.64. The zero-order valence-corrected chi connectivity index (χ0v) is 9.63. The minimum Gasteiger partial charge on any atom is -0.495 e. The van der Waals surface area contributed by atoms with Crippen molar-refractivity contribution in [1.29, 1.82) is 0 Å². The van der Waals surface area contributed by atoms with E-state index < -0.39 is 0 Å². The van der Waals surface area contributed by atoms with Crippen LogP contribution in [0.25, 0.3) is 0 Å². The molecule has 0 aliphatic heterocycles. The van der Waals surface area contributed by atoms with Crippen LogP contribution in [0.1, 0.15) is 30.9 Å². The van der Waals surface area contributed by atoms with Gasteiger partial charge in [0.25, 0.3) is 0 Å². The Balaban J connectivity index is 2.12. The molecule has 0 amide bonds. The molecule has 2 N–H and O–H groups in total. The van der Waals surface area contributed by atoms with Crippen molar-refractivity contribution in [2.75, 3.05) is 7.11 Å². The quantitative estimate of drug-likeness (QED) is 0.855. The van der Waals surface area contributed by atoms with Crippen LogP contribution < -0.4 is 10.5 Å². The molecule has 2 rings (SSSR count). The molecule has 1 fully saturated rings. The Morgan fingerprint density at radius 2 is 2.27 bits per heavy atom. The molecule has 15 heavy (non-hydrogen) atoms. The predicted molar refractivity (Wildman–Crippen MR) is 62.3 cm³/mol. The Labute approximate surface area is 95.4 Å². The number of nitrogens with two attached hydrogens (primary N) is 1. The summed E-state index contributed by atoms with van der Waals surface area (Å²) in [5.41, 5.74) is 7.22. The van der Waals surface area contributed by atoms with Crippen molar-refractivity contribution in [2.45, 2.75) is 25.3 Å². The standard InChI is InChI=1S/C12H16ClNO/c1-15-12-7-9(4-5-10(12)13)11(14)6-8-2-3-8/h4-5,7-8,11H,2-3,6,14H2,1H3/t11-/m0/s1. The molecule has 0 bridgehead atoms. The maximum atomic E-state index is 6.11. The van der Waals surface area contributed by atoms with Gasteiger partial charge in [-0.15, -0.1) is 0 Å². The normalized spacial score (nSPS) is 17.5. The van der Waals surface area contributed by atoms with E-state index in [1.54, 1.807) is 7.11 Å². The van der Waals surface area contributed by atoms with Gasteiger partial charge in [-0.3, -0.25) is 0 Å². The molecule has 1 aliphatic carbocycles. The van der Waals surface area contributed by atoms with E-state index in [0.29, 0.717) is 10.8 Å². The zero-order chi connectivity index (χ0) is 10.8. The van der Waals surface area contributed by atoms with Gasteiger partial charge in [0, 0.05) is 6.04 Å². The van der Waals surface area contributed by atoms with E-state index in [4.69, 9.17) is 22.1 Å². The number of hydrogen-bond donors (Lipinski definition) is 1. The highest BCUT2D eigenvalue weighted by atomic mass is 35.5. The number of hydrogen-bond acceptors (Lipinski definition) is 2. The molecule has 82 valence electrons. The number of methoxy groups -OCH3 is 1. The van der Waals surface area contributed by atoms with Gasteiger partial charge in [0.15, 0.2) is 0 Å². The van der Waals surface area contributed by atoms with E-state index in [-0.39, 0.29) is 6.04 Å². The van der Waals surface area contributed by atoms with E-state index >= 15 is 0 Å². The molecule has 1 aromatic rings. The van der Waals surface area contributed by atoms with Crippen LogP contribution in [0.5, 0.6) is 5.75 Å². The lowest BCUT2D eigenvalue weighted by molar-refractivity contribution is 0.413. The first kappa shape index (κ1) is 10.8. The molecule has 0 radical (unpaired) electrons. The SMILES string of the molecule is COc1cc([C@@H](N)CC2CC2)ccc1Cl. The zero-order valence-electron chi connectivity index (χ0n) is 8.87. The van der Waals surface area contributed by atoms with E-state index in [1.165, 1.54) is 12.8 Å². The smallest absolute Gasteiger partial charge is 0.137 e. The van der Waals surface area contributed by atoms with Crippen molar-refractivity contribution in [1.82, 2.24) is 0 Å². The van der Waals surface area contributed by atoms with Crippen LogP contribution in [0.3, 0.4) is 0 Å². The first-order valence-corrected chi connectivity index (χ1v) is 5.67. The lowest BCUT2D eigenvalue weighted by atomic mass is 10.0. The number of benzene rings is 1. The highest BCUT2D eigenvalue weighted by molar-refractivity contribution is 6.32. The van der Waals surface area contributed by atoms with Gasteiger partial charge in [-0.1, -0.05) is 30.5 Å². The molecule has 0 aromatic heterocycles. The summed E-state index contributed by atoms with van der Waals surface area (Å²) >= 11 is 5.95. The average Bonchev–Trinajstić information content (AvgIpc) is 3.02. The van der Waals surface area contributed by atoms with Crippen LogP contribution in [-0.4, -0.2) is 7.11 Å². The largest absolute Gasteiger partial charge is 0.495 e. The Bertz CT molecular complexity index is 349. The molecule has 1 aromatic carbocycles. The number of halogens is 1. The fourth-order valence-electron chi connectivity index (χ4n) is 1.76. The molecular formula is C12H16ClNO. The van der Waals surface area contributed by atoms with Gasteiger partial charge in [-0.25, -0.2) is 0 Å². The number of rotatable bonds is 4. The minimum absolute atomic E-state index is 0.115. The van der Waals surface area contributed by atoms with Crippen molar-refractivity contribution < 1.29 is 4.74 Å². The van der Waals surface area contributed by atoms with Crippen LogP contribution >= 0.6 is 11.6 Å². The van der Waals surface area contributed by atoms with Crippen molar-refractivity contribution in [3.63, 3.8) is 0 Å². The van der Waals surface area contributed by atoms with Gasteiger partial charge < -0.3 is 10.5 Å². The molecule has 1 saturated carbocycles. The van der Waals surface area contributed by atoms with Gasteiger partial charge in [-0.2, -0.15) is 0 Å². The summed E-state index contributed by atoms with van der Waals surface area (Å²) in [6.07, 6.45) is 3.74. The number of ether oxygens (including phenoxy) is 1. The first-order valence-electron chi connectivity index (χ1n) is 5.29. The summed E-state index contributed by atoms with van der Waals surface area (Å²) in [5.74, 6) is 1.54. The van der Waals surface area contributed by atoms with E-state index in [1.807, 2.05) is 18.2 Å². The Morgan fingerprint density at radius 1 is 1.53 bits per heavy atom. The molecule has 3 heteroatoms. The van der Waals surface area contributed by atoms with Crippen LogP contribution in [0.4, 0.5) is 0 Å². The maximum absolute atomic E-state index is 6.11. The van der Waals surface area contributed by atoms with Crippen LogP contribution in [0, 0.1) is 5.92 Å². The van der Waals surface area contributed by atoms with E-state index in [9.17, 15) is 0 Å². The first-order chi connectivity index (χ1) is 7.20. The lowest BCUT2D eigenvalue weighted by Gasteiger charge is -2.13. The molecule has 0 unspecified atom stereocenters. The van der Waals surface area contributed by atoms with Gasteiger partial charge in [0.1, 0.15) is 5.75 Å². The summed E-state index contributed by atoms with van der Waals surface area (Å²) in [5, 5.41) is 0.639. The summed E-state index contributed by atoms with van der Waals surface area (Å²) < 4.78 is 5.17. The molecule has 0 spiro atoms. The third-order valence-electron chi connectivity index (χ3n) is 2.89. The van der Waals surface area contributed by atoms with E-state index in [0.717, 1.165) is 17.9 Å². The van der Waals surface area contributed by atoms with Crippen molar-refractivity contribution in [3.8, 4) is 5.75 Å². The molecule has 0 saturated heterocycles. The summed E-state index contributed by atoms with van der Waals surface area (Å²) in [7, 11) is 1.62. The lowest BCUT2D eigenvalue weighted by Crippen LogP contribution is -2.11. The summed E-state index contributed by atoms with van der Waals surface area (Å²) in [4.78, 5) is 0. The van der Waals surface area contributed by atoms with Crippen molar-refractivity contribution in [3.05, 3.63) is 28.8 Å². The van der Waals surface area contributed by atoms with Crippen molar-refractivity contribution >= 4 is 11.6 Å². The molecule has 1 aliphatic rings. The topological polar surface area (TPSA) is 35.2 Å². The predicted octanol–water partition coefficient (Wildman–Crippen LogP) is 3.15.